The van der Waals surface area contributed by atoms with Gasteiger partial charge in [-0.05, 0) is 43.9 Å². The molecule has 0 aliphatic carbocycles. The average molecular weight is 363 g/mol. The smallest absolute Gasteiger partial charge is 0.233 e. The third-order valence-electron chi connectivity index (χ3n) is 5.42. The summed E-state index contributed by atoms with van der Waals surface area (Å²) >= 11 is 0. The van der Waals surface area contributed by atoms with Gasteiger partial charge in [-0.3, -0.25) is 0 Å². The normalized spacial score (nSPS) is 24.1. The van der Waals surface area contributed by atoms with Crippen molar-refractivity contribution in [3.05, 3.63) is 49.1 Å². The Kier molecular flexibility index (Phi) is 4.01. The summed E-state index contributed by atoms with van der Waals surface area (Å²) in [5.74, 6) is 0.693. The second-order valence-electron chi connectivity index (χ2n) is 7.28. The van der Waals surface area contributed by atoms with Gasteiger partial charge >= 0.3 is 0 Å². The Hall–Kier alpha value is -2.93. The van der Waals surface area contributed by atoms with E-state index >= 15 is 0 Å². The van der Waals surface area contributed by atoms with Gasteiger partial charge in [-0.15, -0.1) is 10.2 Å². The summed E-state index contributed by atoms with van der Waals surface area (Å²) in [6.45, 7) is 0. The van der Waals surface area contributed by atoms with Crippen LogP contribution < -0.4 is 10.1 Å². The van der Waals surface area contributed by atoms with E-state index in [9.17, 15) is 5.11 Å². The van der Waals surface area contributed by atoms with Crippen molar-refractivity contribution in [3.8, 4) is 28.6 Å². The van der Waals surface area contributed by atoms with Gasteiger partial charge in [0.25, 0.3) is 0 Å². The van der Waals surface area contributed by atoms with Crippen LogP contribution in [0.15, 0.2) is 49.1 Å². The summed E-state index contributed by atoms with van der Waals surface area (Å²) in [6.07, 6.45) is 9.94. The lowest BCUT2D eigenvalue weighted by atomic mass is 10.0. The summed E-state index contributed by atoms with van der Waals surface area (Å²) in [5, 5.41) is 22.5. The Morgan fingerprint density at radius 1 is 1.07 bits per heavy atom. The maximum Gasteiger partial charge on any atom is 0.233 e. The molecule has 2 saturated heterocycles. The number of rotatable bonds is 4. The molecule has 2 aromatic heterocycles. The molecule has 0 amide bonds. The predicted octanol–water partition coefficient (Wildman–Crippen LogP) is 2.70. The van der Waals surface area contributed by atoms with Gasteiger partial charge in [0, 0.05) is 42.2 Å². The summed E-state index contributed by atoms with van der Waals surface area (Å²) in [6, 6.07) is 10.2. The maximum atomic E-state index is 10.4. The van der Waals surface area contributed by atoms with Gasteiger partial charge < -0.3 is 19.7 Å². The molecule has 27 heavy (non-hydrogen) atoms. The monoisotopic (exact) mass is 363 g/mol. The molecule has 0 spiro atoms. The van der Waals surface area contributed by atoms with E-state index in [1.165, 1.54) is 12.8 Å². The van der Waals surface area contributed by atoms with Gasteiger partial charge in [0.15, 0.2) is 0 Å². The van der Waals surface area contributed by atoms with Gasteiger partial charge in [0.1, 0.15) is 11.9 Å². The van der Waals surface area contributed by atoms with Crippen molar-refractivity contribution < 1.29 is 9.84 Å². The number of ether oxygens (including phenoxy) is 1. The van der Waals surface area contributed by atoms with E-state index in [1.54, 1.807) is 18.6 Å². The molecule has 2 bridgehead atoms. The molecule has 0 radical (unpaired) electrons. The number of phenolic OH excluding ortho intramolecular Hbond substituents is 1. The lowest BCUT2D eigenvalue weighted by Crippen LogP contribution is -2.42. The Balaban J connectivity index is 1.31. The second-order valence-corrected chi connectivity index (χ2v) is 7.28. The van der Waals surface area contributed by atoms with Gasteiger partial charge in [-0.2, -0.15) is 0 Å². The minimum absolute atomic E-state index is 0.152. The predicted molar refractivity (Wildman–Crippen MR) is 99.9 cm³/mol. The number of nitrogens with one attached hydrogen (secondary N) is 1. The molecule has 2 aliphatic rings. The topological polar surface area (TPSA) is 85.1 Å². The third kappa shape index (κ3) is 3.26. The zero-order valence-electron chi connectivity index (χ0n) is 14.8. The Morgan fingerprint density at radius 3 is 2.59 bits per heavy atom. The molecule has 7 nitrogen and oxygen atoms in total. The highest BCUT2D eigenvalue weighted by Gasteiger charge is 2.34. The number of aromatic hydroxyl groups is 1. The molecule has 2 fully saturated rings. The molecule has 0 saturated carbocycles. The number of hydrogen-bond acceptors (Lipinski definition) is 6. The number of benzene rings is 1. The fourth-order valence-electron chi connectivity index (χ4n) is 4.11. The summed E-state index contributed by atoms with van der Waals surface area (Å²) in [5.41, 5.74) is 2.09. The summed E-state index contributed by atoms with van der Waals surface area (Å²) < 4.78 is 7.87. The molecular weight excluding hydrogens is 342 g/mol. The third-order valence-corrected chi connectivity index (χ3v) is 5.42. The molecule has 3 aromatic rings. The van der Waals surface area contributed by atoms with Crippen LogP contribution in [0.1, 0.15) is 25.7 Å². The first kappa shape index (κ1) is 16.3. The number of piperidine rings is 1. The van der Waals surface area contributed by atoms with Crippen LogP contribution in [0.2, 0.25) is 0 Å². The largest absolute Gasteiger partial charge is 0.507 e. The van der Waals surface area contributed by atoms with Crippen molar-refractivity contribution in [1.29, 1.82) is 0 Å². The summed E-state index contributed by atoms with van der Waals surface area (Å²) in [7, 11) is 0. The van der Waals surface area contributed by atoms with E-state index in [1.807, 2.05) is 35.0 Å². The standard InChI is InChI=1S/C20H21N5O2/c26-19-11-15(25-8-7-21-12-25)3-4-17(19)18-5-6-20(24-23-18)27-16-9-13-1-2-14(10-16)22-13/h3-8,11-14,16,22,26H,1-2,9-10H2/t13-,14+,16-. The second kappa shape index (κ2) is 6.66. The van der Waals surface area contributed by atoms with Crippen LogP contribution in [0.4, 0.5) is 0 Å². The summed E-state index contributed by atoms with van der Waals surface area (Å²) in [4.78, 5) is 4.02. The number of nitrogens with zero attached hydrogens (tertiary/aromatic N) is 4. The van der Waals surface area contributed by atoms with E-state index in [2.05, 4.69) is 20.5 Å². The number of fused-ring (bicyclic) bond motifs is 2. The highest BCUT2D eigenvalue weighted by Crippen LogP contribution is 2.31. The van der Waals surface area contributed by atoms with E-state index < -0.39 is 0 Å². The number of imidazole rings is 1. The van der Waals surface area contributed by atoms with Crippen LogP contribution in [0.3, 0.4) is 0 Å². The Bertz CT molecular complexity index is 914. The average Bonchev–Trinajstić information content (AvgIpc) is 3.32. The van der Waals surface area contributed by atoms with Crippen LogP contribution in [0.5, 0.6) is 11.6 Å². The van der Waals surface area contributed by atoms with Gasteiger partial charge in [-0.1, -0.05) is 0 Å². The van der Waals surface area contributed by atoms with Crippen LogP contribution in [0.25, 0.3) is 16.9 Å². The fourth-order valence-corrected chi connectivity index (χ4v) is 4.11. The Morgan fingerprint density at radius 2 is 1.93 bits per heavy atom. The van der Waals surface area contributed by atoms with Crippen molar-refractivity contribution in [2.45, 2.75) is 43.9 Å². The minimum atomic E-state index is 0.152. The zero-order valence-corrected chi connectivity index (χ0v) is 14.8. The van der Waals surface area contributed by atoms with Gasteiger partial charge in [-0.25, -0.2) is 4.98 Å². The Labute approximate surface area is 157 Å². The minimum Gasteiger partial charge on any atom is -0.507 e. The van der Waals surface area contributed by atoms with Crippen molar-refractivity contribution in [1.82, 2.24) is 25.1 Å². The number of phenols is 1. The first-order chi connectivity index (χ1) is 13.2. The molecule has 138 valence electrons. The van der Waals surface area contributed by atoms with Gasteiger partial charge in [0.2, 0.25) is 5.88 Å². The molecule has 2 aliphatic heterocycles. The van der Waals surface area contributed by atoms with Crippen molar-refractivity contribution in [2.75, 3.05) is 0 Å². The van der Waals surface area contributed by atoms with Crippen molar-refractivity contribution >= 4 is 0 Å². The first-order valence-electron chi connectivity index (χ1n) is 9.33. The molecule has 7 heteroatoms. The van der Waals surface area contributed by atoms with Crippen molar-refractivity contribution in [3.63, 3.8) is 0 Å². The SMILES string of the molecule is Oc1cc(-n2ccnc2)ccc1-c1ccc(O[C@@H]2C[C@H]3CC[C@@H](C2)N3)nn1. The molecule has 1 aromatic carbocycles. The van der Waals surface area contributed by atoms with Gasteiger partial charge in [0.05, 0.1) is 17.7 Å². The van der Waals surface area contributed by atoms with Crippen molar-refractivity contribution in [2.24, 2.45) is 0 Å². The van der Waals surface area contributed by atoms with Crippen LogP contribution in [-0.4, -0.2) is 43.0 Å². The molecule has 0 unspecified atom stereocenters. The number of hydrogen-bond donors (Lipinski definition) is 2. The molecular formula is C20H21N5O2. The fraction of sp³-hybridized carbons (Fsp3) is 0.350. The zero-order chi connectivity index (χ0) is 18.2. The lowest BCUT2D eigenvalue weighted by Gasteiger charge is -2.28. The van der Waals surface area contributed by atoms with E-state index in [-0.39, 0.29) is 11.9 Å². The number of aromatic nitrogens is 4. The van der Waals surface area contributed by atoms with E-state index in [0.717, 1.165) is 18.5 Å². The highest BCUT2D eigenvalue weighted by molar-refractivity contribution is 5.68. The quantitative estimate of drug-likeness (QED) is 0.741. The van der Waals surface area contributed by atoms with Crippen LogP contribution >= 0.6 is 0 Å². The maximum absolute atomic E-state index is 10.4. The lowest BCUT2D eigenvalue weighted by molar-refractivity contribution is 0.130. The van der Waals surface area contributed by atoms with Crippen LogP contribution in [0, 0.1) is 0 Å². The van der Waals surface area contributed by atoms with E-state index in [0.29, 0.717) is 29.2 Å². The highest BCUT2D eigenvalue weighted by atomic mass is 16.5. The van der Waals surface area contributed by atoms with E-state index in [4.69, 9.17) is 4.74 Å². The van der Waals surface area contributed by atoms with Crippen LogP contribution in [-0.2, 0) is 0 Å². The molecule has 4 heterocycles. The first-order valence-corrected chi connectivity index (χ1v) is 9.33. The molecule has 2 N–H and O–H groups in total. The molecule has 5 rings (SSSR count). The molecule has 3 atom stereocenters.